The van der Waals surface area contributed by atoms with E-state index >= 15 is 0 Å². The van der Waals surface area contributed by atoms with E-state index < -0.39 is 5.41 Å². The zero-order valence-electron chi connectivity index (χ0n) is 22.2. The minimum atomic E-state index is -0.579. The van der Waals surface area contributed by atoms with E-state index in [0.29, 0.717) is 0 Å². The molecule has 2 aliphatic rings. The Morgan fingerprint density at radius 2 is 1.40 bits per heavy atom. The van der Waals surface area contributed by atoms with Crippen LogP contribution in [0.4, 0.5) is 0 Å². The Labute approximate surface area is 234 Å². The van der Waals surface area contributed by atoms with Crippen LogP contribution in [0, 0.1) is 0 Å². The van der Waals surface area contributed by atoms with Gasteiger partial charge in [0.05, 0.1) is 5.41 Å². The summed E-state index contributed by atoms with van der Waals surface area (Å²) >= 11 is 0. The van der Waals surface area contributed by atoms with Gasteiger partial charge in [-0.1, -0.05) is 116 Å². The maximum atomic E-state index is 6.89. The van der Waals surface area contributed by atoms with Crippen LogP contribution in [-0.4, -0.2) is 0 Å². The maximum Gasteiger partial charge on any atom is 0.132 e. The van der Waals surface area contributed by atoms with E-state index in [1.54, 1.807) is 0 Å². The molecule has 192 valence electrons. The van der Waals surface area contributed by atoms with Crippen LogP contribution in [0.1, 0.15) is 33.9 Å². The predicted octanol–water partition coefficient (Wildman–Crippen LogP) is 7.31. The fourth-order valence-electron chi connectivity index (χ4n) is 6.17. The highest BCUT2D eigenvalue weighted by Crippen LogP contribution is 2.54. The Kier molecular flexibility index (Phi) is 5.66. The highest BCUT2D eigenvalue weighted by Gasteiger charge is 2.43. The van der Waals surface area contributed by atoms with Crippen molar-refractivity contribution in [3.63, 3.8) is 0 Å². The van der Waals surface area contributed by atoms with Gasteiger partial charge in [-0.05, 0) is 73.8 Å². The molecule has 0 radical (unpaired) electrons. The zero-order chi connectivity index (χ0) is 27.3. The van der Waals surface area contributed by atoms with Crippen LogP contribution in [-0.2, 0) is 5.41 Å². The second kappa shape index (κ2) is 9.37. The molecule has 0 saturated carbocycles. The molecule has 2 atom stereocenters. The lowest BCUT2D eigenvalue weighted by Gasteiger charge is -2.40. The van der Waals surface area contributed by atoms with Crippen molar-refractivity contribution in [1.82, 2.24) is 0 Å². The number of rotatable bonds is 2. The Hall–Kier alpha value is -4.92. The van der Waals surface area contributed by atoms with Crippen molar-refractivity contribution in [2.24, 2.45) is 5.73 Å². The minimum absolute atomic E-state index is 0.330. The van der Waals surface area contributed by atoms with Gasteiger partial charge in [0.15, 0.2) is 0 Å². The van der Waals surface area contributed by atoms with Crippen LogP contribution >= 0.6 is 0 Å². The molecule has 5 aromatic rings. The fraction of sp³-hybridized carbons (Fsp3) is 0.0526. The molecule has 2 unspecified atom stereocenters. The SMILES string of the molecule is C=C1/C=C\C=CC2(c3ccccc3Oc3ccc(C(N)/C=c4/cc5ccccc5cc4=C)cc32)c2ccccc21. The summed E-state index contributed by atoms with van der Waals surface area (Å²) in [6.45, 7) is 8.69. The molecule has 2 N–H and O–H groups in total. The third-order valence-electron chi connectivity index (χ3n) is 8.16. The molecular weight excluding hydrogens is 486 g/mol. The normalized spacial score (nSPS) is 19.2. The average Bonchev–Trinajstić information content (AvgIpc) is 2.98. The second-order valence-corrected chi connectivity index (χ2v) is 10.5. The summed E-state index contributed by atoms with van der Waals surface area (Å²) in [6, 6.07) is 35.5. The lowest BCUT2D eigenvalue weighted by Crippen LogP contribution is -2.32. The molecule has 1 spiro atoms. The Morgan fingerprint density at radius 3 is 2.25 bits per heavy atom. The van der Waals surface area contributed by atoms with E-state index in [9.17, 15) is 0 Å². The number of benzene rings is 5. The van der Waals surface area contributed by atoms with Gasteiger partial charge in [-0.2, -0.15) is 0 Å². The van der Waals surface area contributed by atoms with Gasteiger partial charge < -0.3 is 10.5 Å². The van der Waals surface area contributed by atoms with Crippen molar-refractivity contribution in [1.29, 1.82) is 0 Å². The molecule has 0 fully saturated rings. The lowest BCUT2D eigenvalue weighted by molar-refractivity contribution is 0.437. The van der Waals surface area contributed by atoms with E-state index in [1.807, 2.05) is 18.2 Å². The first-order chi connectivity index (χ1) is 19.5. The fourth-order valence-corrected chi connectivity index (χ4v) is 6.17. The molecule has 1 aliphatic carbocycles. The molecule has 0 saturated heterocycles. The van der Waals surface area contributed by atoms with Crippen LogP contribution in [0.5, 0.6) is 11.5 Å². The highest BCUT2D eigenvalue weighted by atomic mass is 16.5. The van der Waals surface area contributed by atoms with E-state index in [1.165, 1.54) is 16.3 Å². The van der Waals surface area contributed by atoms with Crippen LogP contribution in [0.3, 0.4) is 0 Å². The smallest absolute Gasteiger partial charge is 0.132 e. The van der Waals surface area contributed by atoms with Crippen molar-refractivity contribution in [2.45, 2.75) is 11.5 Å². The number of fused-ring (bicyclic) bond motifs is 7. The first kappa shape index (κ1) is 24.1. The van der Waals surface area contributed by atoms with Gasteiger partial charge in [0, 0.05) is 17.2 Å². The highest BCUT2D eigenvalue weighted by molar-refractivity contribution is 5.83. The van der Waals surface area contributed by atoms with Crippen LogP contribution in [0.15, 0.2) is 134 Å². The van der Waals surface area contributed by atoms with E-state index in [-0.39, 0.29) is 6.04 Å². The standard InChI is InChI=1S/C38H29NO/c1-25-11-9-10-20-38(32-15-6-5-14-31(25)32)33-16-7-8-17-36(33)40-37-19-18-29(23-34(37)38)35(39)24-30-22-28-13-4-3-12-27(28)21-26(30)2/h3-24,35H,1-2,39H2/b11-9-,20-10?,30-24-. The van der Waals surface area contributed by atoms with Gasteiger partial charge in [-0.3, -0.25) is 0 Å². The quantitative estimate of drug-likeness (QED) is 0.268. The number of para-hydroxylation sites is 1. The molecule has 40 heavy (non-hydrogen) atoms. The Balaban J connectivity index is 1.46. The summed E-state index contributed by atoms with van der Waals surface area (Å²) < 4.78 is 6.50. The first-order valence-corrected chi connectivity index (χ1v) is 13.6. The van der Waals surface area contributed by atoms with Crippen LogP contribution in [0.2, 0.25) is 0 Å². The summed E-state index contributed by atoms with van der Waals surface area (Å²) in [5.74, 6) is 1.68. The minimum Gasteiger partial charge on any atom is -0.457 e. The van der Waals surface area contributed by atoms with Crippen molar-refractivity contribution >= 4 is 29.0 Å². The molecule has 2 nitrogen and oxygen atoms in total. The summed E-state index contributed by atoms with van der Waals surface area (Å²) in [6.07, 6.45) is 10.6. The molecule has 0 amide bonds. The van der Waals surface area contributed by atoms with E-state index in [4.69, 9.17) is 10.5 Å². The molecule has 7 rings (SSSR count). The maximum absolute atomic E-state index is 6.89. The van der Waals surface area contributed by atoms with Crippen LogP contribution in [0.25, 0.3) is 29.0 Å². The van der Waals surface area contributed by atoms with Gasteiger partial charge in [-0.15, -0.1) is 0 Å². The molecule has 1 heterocycles. The van der Waals surface area contributed by atoms with Crippen molar-refractivity contribution in [2.75, 3.05) is 0 Å². The van der Waals surface area contributed by atoms with Gasteiger partial charge >= 0.3 is 0 Å². The number of hydrogen-bond donors (Lipinski definition) is 1. The molecule has 0 aromatic heterocycles. The third kappa shape index (κ3) is 3.77. The van der Waals surface area contributed by atoms with Crippen molar-refractivity contribution in [3.8, 4) is 11.5 Å². The topological polar surface area (TPSA) is 35.2 Å². The third-order valence-corrected chi connectivity index (χ3v) is 8.16. The van der Waals surface area contributed by atoms with Gasteiger partial charge in [0.2, 0.25) is 0 Å². The average molecular weight is 516 g/mol. The number of allylic oxidation sites excluding steroid dienone is 5. The largest absolute Gasteiger partial charge is 0.457 e. The lowest BCUT2D eigenvalue weighted by atomic mass is 9.65. The number of hydrogen-bond acceptors (Lipinski definition) is 2. The zero-order valence-corrected chi connectivity index (χ0v) is 22.2. The number of ether oxygens (including phenoxy) is 1. The first-order valence-electron chi connectivity index (χ1n) is 13.6. The summed E-state index contributed by atoms with van der Waals surface area (Å²) in [7, 11) is 0. The molecule has 2 heteroatoms. The van der Waals surface area contributed by atoms with Gasteiger partial charge in [0.1, 0.15) is 11.5 Å². The van der Waals surface area contributed by atoms with E-state index in [0.717, 1.165) is 49.8 Å². The van der Waals surface area contributed by atoms with E-state index in [2.05, 4.69) is 128 Å². The second-order valence-electron chi connectivity index (χ2n) is 10.5. The molecule has 1 aliphatic heterocycles. The van der Waals surface area contributed by atoms with Crippen LogP contribution < -0.4 is 20.9 Å². The molecular formula is C38H29NO. The van der Waals surface area contributed by atoms with Gasteiger partial charge in [-0.25, -0.2) is 0 Å². The monoisotopic (exact) mass is 515 g/mol. The summed E-state index contributed by atoms with van der Waals surface area (Å²) in [5.41, 5.74) is 12.7. The molecule has 5 aromatic carbocycles. The Morgan fingerprint density at radius 1 is 0.700 bits per heavy atom. The van der Waals surface area contributed by atoms with Crippen molar-refractivity contribution in [3.05, 3.63) is 172 Å². The summed E-state index contributed by atoms with van der Waals surface area (Å²) in [5, 5.41) is 4.35. The predicted molar refractivity (Wildman–Crippen MR) is 167 cm³/mol. The van der Waals surface area contributed by atoms with Gasteiger partial charge in [0.25, 0.3) is 0 Å². The Bertz CT molecular complexity index is 2000. The number of nitrogens with two attached hydrogens (primary N) is 1. The molecule has 0 bridgehead atoms. The summed E-state index contributed by atoms with van der Waals surface area (Å²) in [4.78, 5) is 0. The van der Waals surface area contributed by atoms with Crippen molar-refractivity contribution < 1.29 is 4.74 Å².